The second-order valence-corrected chi connectivity index (χ2v) is 8.64. The van der Waals surface area contributed by atoms with Gasteiger partial charge >= 0.3 is 0 Å². The first-order valence-electron chi connectivity index (χ1n) is 9.14. The van der Waals surface area contributed by atoms with Crippen molar-refractivity contribution in [2.45, 2.75) is 18.7 Å². The highest BCUT2D eigenvalue weighted by molar-refractivity contribution is 9.10. The Morgan fingerprint density at radius 1 is 1.17 bits per heavy atom. The Morgan fingerprint density at radius 3 is 2.48 bits per heavy atom. The van der Waals surface area contributed by atoms with Crippen LogP contribution in [0.15, 0.2) is 63.9 Å². The van der Waals surface area contributed by atoms with Crippen molar-refractivity contribution in [2.75, 3.05) is 11.9 Å². The van der Waals surface area contributed by atoms with E-state index in [2.05, 4.69) is 26.6 Å². The molecule has 1 heterocycles. The molecule has 0 saturated heterocycles. The molecule has 1 atom stereocenters. The predicted molar refractivity (Wildman–Crippen MR) is 127 cm³/mol. The highest BCUT2D eigenvalue weighted by atomic mass is 79.9. The Kier molecular flexibility index (Phi) is 7.16. The Hall–Kier alpha value is -2.09. The SMILES string of the molecule is Cc1c(NC(=S)NC[C@@H](Cl)Cc2ccc(Br)cc2)c(=O)n(-c2ccccc2)n1C. The molecule has 0 spiro atoms. The Labute approximate surface area is 188 Å². The van der Waals surface area contributed by atoms with Crippen LogP contribution in [0.25, 0.3) is 5.69 Å². The van der Waals surface area contributed by atoms with Gasteiger partial charge in [0, 0.05) is 18.1 Å². The van der Waals surface area contributed by atoms with Crippen LogP contribution in [0.2, 0.25) is 0 Å². The van der Waals surface area contributed by atoms with E-state index in [4.69, 9.17) is 23.8 Å². The van der Waals surface area contributed by atoms with Crippen molar-refractivity contribution >= 4 is 50.5 Å². The van der Waals surface area contributed by atoms with Crippen molar-refractivity contribution in [3.05, 3.63) is 80.7 Å². The van der Waals surface area contributed by atoms with E-state index in [1.807, 2.05) is 68.6 Å². The van der Waals surface area contributed by atoms with E-state index in [1.54, 1.807) is 9.36 Å². The largest absolute Gasteiger partial charge is 0.361 e. The van der Waals surface area contributed by atoms with Crippen LogP contribution in [-0.4, -0.2) is 26.4 Å². The zero-order chi connectivity index (χ0) is 21.0. The van der Waals surface area contributed by atoms with Crippen LogP contribution in [0.4, 0.5) is 5.69 Å². The number of halogens is 2. The summed E-state index contributed by atoms with van der Waals surface area (Å²) < 4.78 is 4.45. The minimum atomic E-state index is -0.155. The van der Waals surface area contributed by atoms with Crippen molar-refractivity contribution in [3.63, 3.8) is 0 Å². The molecule has 1 aromatic heterocycles. The summed E-state index contributed by atoms with van der Waals surface area (Å²) in [6, 6.07) is 17.6. The summed E-state index contributed by atoms with van der Waals surface area (Å²) in [5.41, 5.74) is 3.04. The molecule has 0 unspecified atom stereocenters. The topological polar surface area (TPSA) is 51.0 Å². The predicted octanol–water partition coefficient (Wildman–Crippen LogP) is 4.38. The number of rotatable bonds is 6. The summed E-state index contributed by atoms with van der Waals surface area (Å²) in [5.74, 6) is 0. The molecule has 3 aromatic rings. The maximum atomic E-state index is 12.9. The van der Waals surface area contributed by atoms with Crippen LogP contribution in [-0.2, 0) is 13.5 Å². The third-order valence-corrected chi connectivity index (χ3v) is 5.73. The molecule has 29 heavy (non-hydrogen) atoms. The number of benzene rings is 2. The number of anilines is 1. The molecule has 0 bridgehead atoms. The number of alkyl halides is 1. The van der Waals surface area contributed by atoms with Crippen molar-refractivity contribution < 1.29 is 0 Å². The molecule has 0 saturated carbocycles. The lowest BCUT2D eigenvalue weighted by Crippen LogP contribution is -2.35. The number of para-hydroxylation sites is 1. The first-order chi connectivity index (χ1) is 13.9. The standard InChI is InChI=1S/C21H22BrClN4OS/c1-14-19(20(28)27(26(14)2)18-6-4-3-5-7-18)25-21(29)24-13-17(23)12-15-8-10-16(22)11-9-15/h3-11,17H,12-13H2,1-2H3,(H2,24,25,29)/t17-/m0/s1. The fraction of sp³-hybridized carbons (Fsp3) is 0.238. The third-order valence-electron chi connectivity index (χ3n) is 4.65. The molecule has 2 aromatic carbocycles. The van der Waals surface area contributed by atoms with Gasteiger partial charge in [0.1, 0.15) is 5.69 Å². The summed E-state index contributed by atoms with van der Waals surface area (Å²) in [4.78, 5) is 12.9. The fourth-order valence-electron chi connectivity index (χ4n) is 3.02. The number of nitrogens with one attached hydrogen (secondary N) is 2. The van der Waals surface area contributed by atoms with Crippen LogP contribution in [0.5, 0.6) is 0 Å². The molecule has 3 rings (SSSR count). The first kappa shape index (κ1) is 21.6. The molecule has 0 aliphatic heterocycles. The van der Waals surface area contributed by atoms with E-state index >= 15 is 0 Å². The second-order valence-electron chi connectivity index (χ2n) is 6.70. The molecular formula is C21H22BrClN4OS. The monoisotopic (exact) mass is 492 g/mol. The Balaban J connectivity index is 1.63. The van der Waals surface area contributed by atoms with Crippen LogP contribution >= 0.6 is 39.7 Å². The number of nitrogens with zero attached hydrogens (tertiary/aromatic N) is 2. The Bertz CT molecular complexity index is 1050. The number of aromatic nitrogens is 2. The van der Waals surface area contributed by atoms with Gasteiger partial charge in [0.05, 0.1) is 16.8 Å². The number of hydrogen-bond acceptors (Lipinski definition) is 2. The van der Waals surface area contributed by atoms with Gasteiger partial charge in [-0.2, -0.15) is 0 Å². The first-order valence-corrected chi connectivity index (χ1v) is 10.8. The quantitative estimate of drug-likeness (QED) is 0.395. The molecule has 0 aliphatic carbocycles. The van der Waals surface area contributed by atoms with Crippen molar-refractivity contribution in [3.8, 4) is 5.69 Å². The summed E-state index contributed by atoms with van der Waals surface area (Å²) in [7, 11) is 1.85. The van der Waals surface area contributed by atoms with Gasteiger partial charge in [0.25, 0.3) is 5.56 Å². The highest BCUT2D eigenvalue weighted by Gasteiger charge is 2.17. The van der Waals surface area contributed by atoms with E-state index < -0.39 is 0 Å². The molecule has 5 nitrogen and oxygen atoms in total. The lowest BCUT2D eigenvalue weighted by Gasteiger charge is -2.13. The second kappa shape index (κ2) is 9.61. The molecule has 0 amide bonds. The molecular weight excluding hydrogens is 472 g/mol. The average molecular weight is 494 g/mol. The average Bonchev–Trinajstić information content (AvgIpc) is 2.92. The molecule has 0 radical (unpaired) electrons. The van der Waals surface area contributed by atoms with E-state index in [0.717, 1.165) is 27.8 Å². The maximum Gasteiger partial charge on any atom is 0.295 e. The number of thiocarbonyl (C=S) groups is 1. The van der Waals surface area contributed by atoms with Gasteiger partial charge in [0.2, 0.25) is 0 Å². The summed E-state index contributed by atoms with van der Waals surface area (Å²) in [6.45, 7) is 2.37. The van der Waals surface area contributed by atoms with E-state index in [-0.39, 0.29) is 10.9 Å². The smallest absolute Gasteiger partial charge is 0.295 e. The van der Waals surface area contributed by atoms with Crippen LogP contribution in [0.1, 0.15) is 11.3 Å². The molecule has 0 aliphatic rings. The van der Waals surface area contributed by atoms with Crippen LogP contribution in [0.3, 0.4) is 0 Å². The van der Waals surface area contributed by atoms with Gasteiger partial charge in [-0.25, -0.2) is 4.68 Å². The molecule has 2 N–H and O–H groups in total. The summed E-state index contributed by atoms with van der Waals surface area (Å²) in [5, 5.41) is 6.39. The minimum Gasteiger partial charge on any atom is -0.361 e. The minimum absolute atomic E-state index is 0.131. The normalized spacial score (nSPS) is 11.9. The van der Waals surface area contributed by atoms with Crippen LogP contribution in [0, 0.1) is 6.92 Å². The van der Waals surface area contributed by atoms with Crippen molar-refractivity contribution in [1.29, 1.82) is 0 Å². The van der Waals surface area contributed by atoms with Gasteiger partial charge in [-0.05, 0) is 55.4 Å². The van der Waals surface area contributed by atoms with Crippen LogP contribution < -0.4 is 16.2 Å². The van der Waals surface area contributed by atoms with Gasteiger partial charge in [-0.1, -0.05) is 46.3 Å². The summed E-state index contributed by atoms with van der Waals surface area (Å²) in [6.07, 6.45) is 0.718. The van der Waals surface area contributed by atoms with Gasteiger partial charge < -0.3 is 10.6 Å². The maximum absolute atomic E-state index is 12.9. The Morgan fingerprint density at radius 2 is 1.83 bits per heavy atom. The zero-order valence-electron chi connectivity index (χ0n) is 16.2. The zero-order valence-corrected chi connectivity index (χ0v) is 19.3. The lowest BCUT2D eigenvalue weighted by molar-refractivity contribution is 0.630. The highest BCUT2D eigenvalue weighted by Crippen LogP contribution is 2.15. The van der Waals surface area contributed by atoms with Crippen molar-refractivity contribution in [1.82, 2.24) is 14.7 Å². The molecule has 152 valence electrons. The molecule has 8 heteroatoms. The van der Waals surface area contributed by atoms with Gasteiger partial charge in [-0.15, -0.1) is 11.6 Å². The molecule has 0 fully saturated rings. The van der Waals surface area contributed by atoms with Gasteiger partial charge in [-0.3, -0.25) is 9.48 Å². The van der Waals surface area contributed by atoms with E-state index in [0.29, 0.717) is 17.3 Å². The lowest BCUT2D eigenvalue weighted by atomic mass is 10.1. The van der Waals surface area contributed by atoms with E-state index in [9.17, 15) is 4.79 Å². The summed E-state index contributed by atoms with van der Waals surface area (Å²) >= 11 is 15.2. The number of hydrogen-bond donors (Lipinski definition) is 2. The van der Waals surface area contributed by atoms with Gasteiger partial charge in [0.15, 0.2) is 5.11 Å². The van der Waals surface area contributed by atoms with E-state index in [1.165, 1.54) is 0 Å². The van der Waals surface area contributed by atoms with Crippen molar-refractivity contribution in [2.24, 2.45) is 7.05 Å². The third kappa shape index (κ3) is 5.29. The fourth-order valence-corrected chi connectivity index (χ4v) is 3.73.